The molecule has 1 aromatic heterocycles. The molecule has 0 radical (unpaired) electrons. The summed E-state index contributed by atoms with van der Waals surface area (Å²) in [4.78, 5) is 51.8. The van der Waals surface area contributed by atoms with Crippen molar-refractivity contribution in [3.8, 4) is 0 Å². The first-order valence-corrected chi connectivity index (χ1v) is 9.91. The molecule has 166 valence electrons. The summed E-state index contributed by atoms with van der Waals surface area (Å²) in [5.41, 5.74) is -0.293. The minimum absolute atomic E-state index is 0.0619. The van der Waals surface area contributed by atoms with Crippen LogP contribution in [0.3, 0.4) is 0 Å². The second-order valence-electron chi connectivity index (χ2n) is 7.76. The molecule has 30 heavy (non-hydrogen) atoms. The number of hydrogen-bond donors (Lipinski definition) is 2. The van der Waals surface area contributed by atoms with E-state index in [1.807, 2.05) is 41.5 Å². The van der Waals surface area contributed by atoms with Crippen molar-refractivity contribution in [1.29, 1.82) is 0 Å². The van der Waals surface area contributed by atoms with Crippen LogP contribution in [0, 0.1) is 11.8 Å². The van der Waals surface area contributed by atoms with Crippen molar-refractivity contribution in [2.24, 2.45) is 11.8 Å². The van der Waals surface area contributed by atoms with Gasteiger partial charge >= 0.3 is 11.9 Å². The number of pyridine rings is 1. The largest absolute Gasteiger partial charge is 0.451 e. The third kappa shape index (κ3) is 8.59. The number of nitrogens with one attached hydrogen (secondary N) is 2. The first-order chi connectivity index (χ1) is 14.0. The summed E-state index contributed by atoms with van der Waals surface area (Å²) in [7, 11) is 0. The Balaban J connectivity index is 2.58. The smallest absolute Gasteiger partial charge is 0.357 e. The quantitative estimate of drug-likeness (QED) is 0.551. The second kappa shape index (κ2) is 11.9. The van der Waals surface area contributed by atoms with E-state index in [2.05, 4.69) is 15.6 Å². The van der Waals surface area contributed by atoms with Crippen LogP contribution in [0.1, 0.15) is 62.5 Å². The molecule has 0 spiro atoms. The molecule has 0 unspecified atom stereocenters. The highest BCUT2D eigenvalue weighted by molar-refractivity contribution is 5.93. The monoisotopic (exact) mass is 421 g/mol. The van der Waals surface area contributed by atoms with Crippen LogP contribution in [0.15, 0.2) is 18.2 Å². The zero-order valence-electron chi connectivity index (χ0n) is 18.4. The number of ether oxygens (including phenoxy) is 2. The Kier molecular flexibility index (Phi) is 9.94. The Hall–Kier alpha value is -2.97. The standard InChI is InChI=1S/C21H31N3O6/c1-12(2)14(5)22-18(25)10-29-20(27)16-8-7-9-17(24-16)21(28)30-11-19(26)23-15(6)13(3)4/h7-9,12-15H,10-11H2,1-6H3,(H,22,25)(H,23,26)/t14-,15-/m1/s1. The van der Waals surface area contributed by atoms with Gasteiger partial charge in [-0.2, -0.15) is 0 Å². The molecule has 2 N–H and O–H groups in total. The highest BCUT2D eigenvalue weighted by Crippen LogP contribution is 2.05. The van der Waals surface area contributed by atoms with Gasteiger partial charge in [0.1, 0.15) is 11.4 Å². The molecule has 1 heterocycles. The van der Waals surface area contributed by atoms with Gasteiger partial charge in [-0.25, -0.2) is 14.6 Å². The molecule has 2 atom stereocenters. The number of rotatable bonds is 10. The molecule has 9 heteroatoms. The summed E-state index contributed by atoms with van der Waals surface area (Å²) < 4.78 is 9.88. The SMILES string of the molecule is CC(C)[C@@H](C)NC(=O)COC(=O)c1cccc(C(=O)OCC(=O)N[C@H](C)C(C)C)n1. The molecule has 0 fully saturated rings. The zero-order chi connectivity index (χ0) is 22.8. The summed E-state index contributed by atoms with van der Waals surface area (Å²) in [6.45, 7) is 10.6. The van der Waals surface area contributed by atoms with Crippen LogP contribution in [0.4, 0.5) is 0 Å². The summed E-state index contributed by atoms with van der Waals surface area (Å²) in [6, 6.07) is 4.01. The number of carbonyl (C=O) groups excluding carboxylic acids is 4. The Morgan fingerprint density at radius 2 is 1.13 bits per heavy atom. The number of amides is 2. The molecule has 1 rings (SSSR count). The number of carbonyl (C=O) groups is 4. The number of esters is 2. The third-order valence-corrected chi connectivity index (χ3v) is 4.61. The van der Waals surface area contributed by atoms with Gasteiger partial charge in [-0.05, 0) is 37.8 Å². The van der Waals surface area contributed by atoms with E-state index >= 15 is 0 Å². The molecular formula is C21H31N3O6. The van der Waals surface area contributed by atoms with Gasteiger partial charge in [0.05, 0.1) is 0 Å². The van der Waals surface area contributed by atoms with E-state index in [4.69, 9.17) is 9.47 Å². The van der Waals surface area contributed by atoms with Gasteiger partial charge in [-0.3, -0.25) is 9.59 Å². The van der Waals surface area contributed by atoms with Crippen molar-refractivity contribution in [3.05, 3.63) is 29.6 Å². The van der Waals surface area contributed by atoms with Crippen LogP contribution in [0.5, 0.6) is 0 Å². The fraction of sp³-hybridized carbons (Fsp3) is 0.571. The van der Waals surface area contributed by atoms with Crippen molar-refractivity contribution in [3.63, 3.8) is 0 Å². The summed E-state index contributed by atoms with van der Waals surface area (Å²) in [6.07, 6.45) is 0. The van der Waals surface area contributed by atoms with Gasteiger partial charge in [-0.1, -0.05) is 33.8 Å². The lowest BCUT2D eigenvalue weighted by atomic mass is 10.1. The Morgan fingerprint density at radius 1 is 0.767 bits per heavy atom. The number of hydrogen-bond acceptors (Lipinski definition) is 7. The number of nitrogens with zero attached hydrogens (tertiary/aromatic N) is 1. The Labute approximate surface area is 176 Å². The minimum atomic E-state index is -0.847. The maximum absolute atomic E-state index is 12.1. The molecule has 0 aliphatic carbocycles. The van der Waals surface area contributed by atoms with Crippen LogP contribution in [-0.4, -0.2) is 54.0 Å². The molecule has 0 aliphatic heterocycles. The van der Waals surface area contributed by atoms with Crippen LogP contribution < -0.4 is 10.6 Å². The lowest BCUT2D eigenvalue weighted by Gasteiger charge is -2.17. The molecule has 0 saturated carbocycles. The predicted molar refractivity (Wildman–Crippen MR) is 110 cm³/mol. The van der Waals surface area contributed by atoms with Crippen LogP contribution in [0.2, 0.25) is 0 Å². The molecule has 0 saturated heterocycles. The Bertz CT molecular complexity index is 704. The minimum Gasteiger partial charge on any atom is -0.451 e. The molecular weight excluding hydrogens is 390 g/mol. The Morgan fingerprint density at radius 3 is 1.47 bits per heavy atom. The van der Waals surface area contributed by atoms with Crippen LogP contribution in [0.25, 0.3) is 0 Å². The van der Waals surface area contributed by atoms with Gasteiger partial charge < -0.3 is 20.1 Å². The first kappa shape index (κ1) is 25.1. The fourth-order valence-electron chi connectivity index (χ4n) is 2.00. The van der Waals surface area contributed by atoms with Crippen molar-refractivity contribution in [2.75, 3.05) is 13.2 Å². The van der Waals surface area contributed by atoms with E-state index in [9.17, 15) is 19.2 Å². The van der Waals surface area contributed by atoms with Gasteiger partial charge in [0.25, 0.3) is 11.8 Å². The summed E-state index contributed by atoms with van der Waals surface area (Å²) >= 11 is 0. The van der Waals surface area contributed by atoms with E-state index in [0.29, 0.717) is 0 Å². The first-order valence-electron chi connectivity index (χ1n) is 9.91. The normalized spacial score (nSPS) is 12.8. The van der Waals surface area contributed by atoms with Crippen molar-refractivity contribution < 1.29 is 28.7 Å². The highest BCUT2D eigenvalue weighted by Gasteiger charge is 2.18. The van der Waals surface area contributed by atoms with E-state index in [1.165, 1.54) is 18.2 Å². The molecule has 0 bridgehead atoms. The molecule has 0 aromatic carbocycles. The van der Waals surface area contributed by atoms with Crippen molar-refractivity contribution >= 4 is 23.8 Å². The summed E-state index contributed by atoms with van der Waals surface area (Å²) in [5.74, 6) is -2.07. The topological polar surface area (TPSA) is 124 Å². The van der Waals surface area contributed by atoms with E-state index in [0.717, 1.165) is 0 Å². The number of aromatic nitrogens is 1. The zero-order valence-corrected chi connectivity index (χ0v) is 18.4. The molecule has 0 aliphatic rings. The molecule has 1 aromatic rings. The van der Waals surface area contributed by atoms with E-state index < -0.39 is 37.0 Å². The molecule has 2 amide bonds. The van der Waals surface area contributed by atoms with Crippen molar-refractivity contribution in [2.45, 2.75) is 53.6 Å². The third-order valence-electron chi connectivity index (χ3n) is 4.61. The maximum Gasteiger partial charge on any atom is 0.357 e. The second-order valence-corrected chi connectivity index (χ2v) is 7.76. The lowest BCUT2D eigenvalue weighted by molar-refractivity contribution is -0.125. The van der Waals surface area contributed by atoms with E-state index in [-0.39, 0.29) is 35.3 Å². The van der Waals surface area contributed by atoms with Crippen molar-refractivity contribution in [1.82, 2.24) is 15.6 Å². The van der Waals surface area contributed by atoms with Gasteiger partial charge in [0, 0.05) is 12.1 Å². The van der Waals surface area contributed by atoms with Gasteiger partial charge in [0.15, 0.2) is 13.2 Å². The highest BCUT2D eigenvalue weighted by atomic mass is 16.5. The average Bonchev–Trinajstić information content (AvgIpc) is 2.69. The fourth-order valence-corrected chi connectivity index (χ4v) is 2.00. The van der Waals surface area contributed by atoms with E-state index in [1.54, 1.807) is 0 Å². The van der Waals surface area contributed by atoms with Crippen LogP contribution >= 0.6 is 0 Å². The predicted octanol–water partition coefficient (Wildman–Crippen LogP) is 1.72. The lowest BCUT2D eigenvalue weighted by Crippen LogP contribution is -2.38. The summed E-state index contributed by atoms with van der Waals surface area (Å²) in [5, 5.41) is 5.43. The average molecular weight is 421 g/mol. The maximum atomic E-state index is 12.1. The van der Waals surface area contributed by atoms with Crippen LogP contribution in [-0.2, 0) is 19.1 Å². The van der Waals surface area contributed by atoms with Gasteiger partial charge in [-0.15, -0.1) is 0 Å². The molecule has 9 nitrogen and oxygen atoms in total. The van der Waals surface area contributed by atoms with Gasteiger partial charge in [0.2, 0.25) is 0 Å².